The predicted molar refractivity (Wildman–Crippen MR) is 83.9 cm³/mol. The van der Waals surface area contributed by atoms with E-state index in [0.717, 1.165) is 25.3 Å². The number of carbonyl (C=O) groups is 1. The maximum absolute atomic E-state index is 11.9. The Balaban J connectivity index is 2.41. The molecule has 0 radical (unpaired) electrons. The summed E-state index contributed by atoms with van der Waals surface area (Å²) in [6.45, 7) is 8.26. The van der Waals surface area contributed by atoms with E-state index in [-0.39, 0.29) is 5.91 Å². The van der Waals surface area contributed by atoms with Gasteiger partial charge in [-0.25, -0.2) is 0 Å². The third-order valence-electron chi connectivity index (χ3n) is 3.15. The van der Waals surface area contributed by atoms with E-state index in [2.05, 4.69) is 35.3 Å². The van der Waals surface area contributed by atoms with Gasteiger partial charge in [-0.3, -0.25) is 4.79 Å². The van der Waals surface area contributed by atoms with Gasteiger partial charge in [0, 0.05) is 24.3 Å². The predicted octanol–water partition coefficient (Wildman–Crippen LogP) is 1.80. The molecule has 0 fully saturated rings. The van der Waals surface area contributed by atoms with E-state index < -0.39 is 0 Å². The minimum atomic E-state index is -0.0411. The Hall–Kier alpha value is -1.99. The number of anilines is 1. The maximum atomic E-state index is 11.9. The average Bonchev–Trinajstić information content (AvgIpc) is 2.50. The second-order valence-corrected chi connectivity index (χ2v) is 4.42. The van der Waals surface area contributed by atoms with Gasteiger partial charge in [-0.05, 0) is 37.4 Å². The molecular weight excluding hydrogens is 250 g/mol. The van der Waals surface area contributed by atoms with Gasteiger partial charge >= 0.3 is 0 Å². The molecule has 4 heteroatoms. The summed E-state index contributed by atoms with van der Waals surface area (Å²) in [5.74, 6) is 2.47. The number of carbonyl (C=O) groups excluding carboxylic acids is 1. The zero-order valence-corrected chi connectivity index (χ0v) is 12.3. The van der Waals surface area contributed by atoms with E-state index in [4.69, 9.17) is 6.42 Å². The lowest BCUT2D eigenvalue weighted by atomic mass is 10.2. The Morgan fingerprint density at radius 3 is 2.45 bits per heavy atom. The minimum absolute atomic E-state index is 0.0411. The molecule has 1 aromatic rings. The number of benzene rings is 1. The molecule has 1 aromatic carbocycles. The number of amides is 1. The number of nitrogens with one attached hydrogen (secondary N) is 2. The molecule has 0 unspecified atom stereocenters. The fourth-order valence-corrected chi connectivity index (χ4v) is 1.86. The van der Waals surface area contributed by atoms with Crippen LogP contribution in [0.3, 0.4) is 0 Å². The van der Waals surface area contributed by atoms with Crippen molar-refractivity contribution in [2.45, 2.75) is 13.8 Å². The van der Waals surface area contributed by atoms with Gasteiger partial charge in [0.25, 0.3) is 5.91 Å². The first kappa shape index (κ1) is 16.1. The van der Waals surface area contributed by atoms with Crippen molar-refractivity contribution in [3.05, 3.63) is 29.8 Å². The molecule has 0 aromatic heterocycles. The van der Waals surface area contributed by atoms with Crippen LogP contribution in [0.15, 0.2) is 24.3 Å². The van der Waals surface area contributed by atoms with Crippen LogP contribution in [0.25, 0.3) is 0 Å². The molecule has 0 aliphatic heterocycles. The van der Waals surface area contributed by atoms with Crippen LogP contribution in [-0.2, 0) is 0 Å². The Kier molecular flexibility index (Phi) is 7.23. The van der Waals surface area contributed by atoms with Gasteiger partial charge in [-0.1, -0.05) is 19.8 Å². The third kappa shape index (κ3) is 5.33. The van der Waals surface area contributed by atoms with Crippen LogP contribution in [0.2, 0.25) is 0 Å². The molecule has 0 spiro atoms. The van der Waals surface area contributed by atoms with E-state index >= 15 is 0 Å². The maximum Gasteiger partial charge on any atom is 0.251 e. The Morgan fingerprint density at radius 1 is 1.25 bits per heavy atom. The number of hydrogen-bond donors (Lipinski definition) is 2. The summed E-state index contributed by atoms with van der Waals surface area (Å²) in [4.78, 5) is 14.2. The molecule has 0 aliphatic rings. The zero-order chi connectivity index (χ0) is 14.8. The van der Waals surface area contributed by atoms with Crippen LogP contribution in [-0.4, -0.2) is 43.5 Å². The molecule has 1 rings (SSSR count). The van der Waals surface area contributed by atoms with Crippen LogP contribution in [0.1, 0.15) is 24.2 Å². The highest BCUT2D eigenvalue weighted by molar-refractivity contribution is 5.94. The van der Waals surface area contributed by atoms with Crippen LogP contribution in [0, 0.1) is 12.3 Å². The van der Waals surface area contributed by atoms with E-state index in [1.165, 1.54) is 0 Å². The summed E-state index contributed by atoms with van der Waals surface area (Å²) in [6, 6.07) is 7.31. The minimum Gasteiger partial charge on any atom is -0.374 e. The summed E-state index contributed by atoms with van der Waals surface area (Å²) in [6.07, 6.45) is 5.18. The van der Waals surface area contributed by atoms with E-state index in [0.29, 0.717) is 18.7 Å². The summed E-state index contributed by atoms with van der Waals surface area (Å²) in [5.41, 5.74) is 1.58. The smallest absolute Gasteiger partial charge is 0.251 e. The summed E-state index contributed by atoms with van der Waals surface area (Å²) in [7, 11) is 0. The lowest BCUT2D eigenvalue weighted by Crippen LogP contribution is -2.34. The van der Waals surface area contributed by atoms with Gasteiger partial charge in [-0.2, -0.15) is 0 Å². The number of hydrogen-bond acceptors (Lipinski definition) is 3. The van der Waals surface area contributed by atoms with Gasteiger partial charge in [-0.15, -0.1) is 6.42 Å². The molecule has 4 nitrogen and oxygen atoms in total. The molecule has 0 saturated carbocycles. The lowest BCUT2D eigenvalue weighted by Gasteiger charge is -2.17. The molecule has 0 bridgehead atoms. The van der Waals surface area contributed by atoms with Gasteiger partial charge in [0.15, 0.2) is 0 Å². The molecule has 1 amide bonds. The standard InChI is InChI=1S/C16H23N3O/c1-4-11-17-15-9-7-14(8-10-15)16(20)18-12-13-19(5-2)6-3/h1,7-10,17H,5-6,11-13H2,2-3H3,(H,18,20). The van der Waals surface area contributed by atoms with Gasteiger partial charge in [0.2, 0.25) is 0 Å². The fraction of sp³-hybridized carbons (Fsp3) is 0.438. The molecule has 108 valence electrons. The highest BCUT2D eigenvalue weighted by Crippen LogP contribution is 2.08. The van der Waals surface area contributed by atoms with Crippen LogP contribution in [0.5, 0.6) is 0 Å². The molecule has 0 saturated heterocycles. The van der Waals surface area contributed by atoms with Crippen molar-refractivity contribution in [3.8, 4) is 12.3 Å². The lowest BCUT2D eigenvalue weighted by molar-refractivity contribution is 0.0949. The van der Waals surface area contributed by atoms with Crippen molar-refractivity contribution in [1.82, 2.24) is 10.2 Å². The number of likely N-dealkylation sites (N-methyl/N-ethyl adjacent to an activating group) is 1. The second kappa shape index (κ2) is 9.00. The molecule has 2 N–H and O–H groups in total. The van der Waals surface area contributed by atoms with Crippen molar-refractivity contribution in [2.75, 3.05) is 38.0 Å². The van der Waals surface area contributed by atoms with Gasteiger partial charge in [0.1, 0.15) is 0 Å². The van der Waals surface area contributed by atoms with Gasteiger partial charge < -0.3 is 15.5 Å². The SMILES string of the molecule is C#CCNc1ccc(C(=O)NCCN(CC)CC)cc1. The Morgan fingerprint density at radius 2 is 1.90 bits per heavy atom. The number of rotatable bonds is 8. The quantitative estimate of drug-likeness (QED) is 0.710. The Bertz CT molecular complexity index is 444. The highest BCUT2D eigenvalue weighted by atomic mass is 16.1. The first-order chi connectivity index (χ1) is 9.71. The van der Waals surface area contributed by atoms with E-state index in [1.54, 1.807) is 12.1 Å². The molecule has 0 heterocycles. The topological polar surface area (TPSA) is 44.4 Å². The second-order valence-electron chi connectivity index (χ2n) is 4.42. The molecular formula is C16H23N3O. The highest BCUT2D eigenvalue weighted by Gasteiger charge is 2.05. The van der Waals surface area contributed by atoms with Crippen LogP contribution >= 0.6 is 0 Å². The number of terminal acetylenes is 1. The van der Waals surface area contributed by atoms with Crippen LogP contribution in [0.4, 0.5) is 5.69 Å². The van der Waals surface area contributed by atoms with Crippen LogP contribution < -0.4 is 10.6 Å². The summed E-state index contributed by atoms with van der Waals surface area (Å²) >= 11 is 0. The largest absolute Gasteiger partial charge is 0.374 e. The summed E-state index contributed by atoms with van der Waals surface area (Å²) < 4.78 is 0. The molecule has 20 heavy (non-hydrogen) atoms. The first-order valence-electron chi connectivity index (χ1n) is 6.99. The Labute approximate surface area is 121 Å². The number of nitrogens with zero attached hydrogens (tertiary/aromatic N) is 1. The fourth-order valence-electron chi connectivity index (χ4n) is 1.86. The third-order valence-corrected chi connectivity index (χ3v) is 3.15. The van der Waals surface area contributed by atoms with Crippen molar-refractivity contribution in [3.63, 3.8) is 0 Å². The first-order valence-corrected chi connectivity index (χ1v) is 6.99. The summed E-state index contributed by atoms with van der Waals surface area (Å²) in [5, 5.41) is 5.99. The molecule has 0 aliphatic carbocycles. The molecule has 0 atom stereocenters. The van der Waals surface area contributed by atoms with Crippen molar-refractivity contribution < 1.29 is 4.79 Å². The van der Waals surface area contributed by atoms with Crippen molar-refractivity contribution in [1.29, 1.82) is 0 Å². The zero-order valence-electron chi connectivity index (χ0n) is 12.3. The van der Waals surface area contributed by atoms with Gasteiger partial charge in [0.05, 0.1) is 6.54 Å². The normalized spacial score (nSPS) is 10.1. The van der Waals surface area contributed by atoms with E-state index in [9.17, 15) is 4.79 Å². The van der Waals surface area contributed by atoms with Crippen molar-refractivity contribution >= 4 is 11.6 Å². The monoisotopic (exact) mass is 273 g/mol. The average molecular weight is 273 g/mol. The van der Waals surface area contributed by atoms with E-state index in [1.807, 2.05) is 12.1 Å². The van der Waals surface area contributed by atoms with Crippen molar-refractivity contribution in [2.24, 2.45) is 0 Å².